The largest absolute Gasteiger partial charge is 0.282 e. The van der Waals surface area contributed by atoms with Gasteiger partial charge in [0.2, 0.25) is 10.0 Å². The molecule has 194 valence electrons. The highest BCUT2D eigenvalue weighted by Crippen LogP contribution is 2.33. The maximum absolute atomic E-state index is 13.7. The lowest BCUT2D eigenvalue weighted by atomic mass is 10.0. The number of nitrogens with zero attached hydrogens (tertiary/aromatic N) is 5. The number of fused-ring (bicyclic) bond motifs is 1. The summed E-state index contributed by atoms with van der Waals surface area (Å²) in [6, 6.07) is 12.3. The smallest absolute Gasteiger partial charge is 0.260 e. The molecule has 1 fully saturated rings. The Morgan fingerprint density at radius 3 is 2.68 bits per heavy atom. The quantitative estimate of drug-likeness (QED) is 0.335. The fraction of sp³-hybridized carbons (Fsp3) is 0.370. The zero-order valence-electron chi connectivity index (χ0n) is 21.3. The van der Waals surface area contributed by atoms with Gasteiger partial charge in [-0.25, -0.2) is 13.4 Å². The molecule has 8 nitrogen and oxygen atoms in total. The lowest BCUT2D eigenvalue weighted by molar-refractivity contribution is 0.0985. The second-order valence-corrected chi connectivity index (χ2v) is 12.7. The van der Waals surface area contributed by atoms with Crippen molar-refractivity contribution in [2.75, 3.05) is 24.5 Å². The number of hydrogen-bond acceptors (Lipinski definition) is 6. The van der Waals surface area contributed by atoms with E-state index in [1.807, 2.05) is 26.1 Å². The Kier molecular flexibility index (Phi) is 7.15. The van der Waals surface area contributed by atoms with E-state index in [1.54, 1.807) is 44.3 Å². The predicted molar refractivity (Wildman–Crippen MR) is 147 cm³/mol. The van der Waals surface area contributed by atoms with E-state index in [2.05, 4.69) is 24.2 Å². The van der Waals surface area contributed by atoms with Gasteiger partial charge in [0.15, 0.2) is 5.13 Å². The number of rotatable bonds is 7. The highest BCUT2D eigenvalue weighted by Gasteiger charge is 2.29. The van der Waals surface area contributed by atoms with Crippen LogP contribution in [0.2, 0.25) is 0 Å². The summed E-state index contributed by atoms with van der Waals surface area (Å²) in [6.45, 7) is 8.10. The number of aromatic nitrogens is 3. The molecule has 10 heteroatoms. The Balaban J connectivity index is 1.44. The second kappa shape index (κ2) is 10.4. The maximum Gasteiger partial charge on any atom is 0.260 e. The fourth-order valence-corrected chi connectivity index (χ4v) is 7.60. The minimum absolute atomic E-state index is 0.215. The number of hydrogen-bond donors (Lipinski definition) is 0. The minimum atomic E-state index is -3.59. The van der Waals surface area contributed by atoms with Crippen LogP contribution in [-0.2, 0) is 16.6 Å². The number of amides is 1. The number of piperidine rings is 1. The van der Waals surface area contributed by atoms with E-state index in [1.165, 1.54) is 11.3 Å². The van der Waals surface area contributed by atoms with Gasteiger partial charge in [-0.15, -0.1) is 0 Å². The monoisotopic (exact) mass is 537 g/mol. The van der Waals surface area contributed by atoms with Gasteiger partial charge < -0.3 is 0 Å². The SMILES string of the molecule is Cc1cc(C)c2nc(N(CCn3cccn3)C(=O)c3ccc(S(=O)(=O)N4CCCC(C)C4)cc3)sc2c1. The van der Waals surface area contributed by atoms with Crippen LogP contribution >= 0.6 is 11.3 Å². The van der Waals surface area contributed by atoms with Crippen molar-refractivity contribution in [1.29, 1.82) is 0 Å². The fourth-order valence-electron chi connectivity index (χ4n) is 4.83. The first-order chi connectivity index (χ1) is 17.7. The molecular weight excluding hydrogens is 506 g/mol. The lowest BCUT2D eigenvalue weighted by Crippen LogP contribution is -2.39. The summed E-state index contributed by atoms with van der Waals surface area (Å²) in [5.74, 6) is 0.116. The second-order valence-electron chi connectivity index (χ2n) is 9.79. The molecule has 2 aromatic heterocycles. The Morgan fingerprint density at radius 2 is 1.97 bits per heavy atom. The molecule has 1 unspecified atom stereocenters. The highest BCUT2D eigenvalue weighted by atomic mass is 32.2. The molecule has 1 atom stereocenters. The van der Waals surface area contributed by atoms with E-state index in [0.717, 1.165) is 34.2 Å². The zero-order chi connectivity index (χ0) is 26.2. The van der Waals surface area contributed by atoms with Crippen LogP contribution in [0.25, 0.3) is 10.2 Å². The summed E-state index contributed by atoms with van der Waals surface area (Å²) < 4.78 is 30.7. The van der Waals surface area contributed by atoms with Crippen molar-refractivity contribution in [3.05, 3.63) is 71.5 Å². The van der Waals surface area contributed by atoms with E-state index < -0.39 is 10.0 Å². The molecule has 3 heterocycles. The van der Waals surface area contributed by atoms with E-state index in [0.29, 0.717) is 42.8 Å². The summed E-state index contributed by atoms with van der Waals surface area (Å²) in [7, 11) is -3.59. The van der Waals surface area contributed by atoms with Gasteiger partial charge in [0.1, 0.15) is 0 Å². The van der Waals surface area contributed by atoms with Crippen molar-refractivity contribution >= 4 is 42.6 Å². The summed E-state index contributed by atoms with van der Waals surface area (Å²) in [5.41, 5.74) is 3.52. The van der Waals surface area contributed by atoms with Crippen LogP contribution < -0.4 is 4.90 Å². The molecule has 0 spiro atoms. The number of thiazole rings is 1. The zero-order valence-corrected chi connectivity index (χ0v) is 22.9. The predicted octanol–water partition coefficient (Wildman–Crippen LogP) is 4.88. The third kappa shape index (κ3) is 5.32. The number of carbonyl (C=O) groups is 1. The number of anilines is 1. The lowest BCUT2D eigenvalue weighted by Gasteiger charge is -2.30. The van der Waals surface area contributed by atoms with Gasteiger partial charge in [-0.05, 0) is 80.1 Å². The van der Waals surface area contributed by atoms with Crippen molar-refractivity contribution < 1.29 is 13.2 Å². The molecule has 2 aromatic carbocycles. The average molecular weight is 538 g/mol. The molecule has 0 radical (unpaired) electrons. The normalized spacial score (nSPS) is 16.8. The molecular formula is C27H31N5O3S2. The standard InChI is InChI=1S/C27H31N5O3S2/c1-19-6-4-13-31(18-19)37(34,35)23-9-7-22(8-10-23)26(33)32(15-14-30-12-5-11-28-30)27-29-25-21(3)16-20(2)17-24(25)36-27/h5,7-12,16-17,19H,4,6,13-15,18H2,1-3H3. The van der Waals surface area contributed by atoms with E-state index in [-0.39, 0.29) is 10.8 Å². The van der Waals surface area contributed by atoms with E-state index in [4.69, 9.17) is 4.98 Å². The molecule has 37 heavy (non-hydrogen) atoms. The van der Waals surface area contributed by atoms with Crippen LogP contribution in [0.3, 0.4) is 0 Å². The van der Waals surface area contributed by atoms with Crippen LogP contribution in [0.4, 0.5) is 5.13 Å². The number of sulfonamides is 1. The topological polar surface area (TPSA) is 88.4 Å². The van der Waals surface area contributed by atoms with Gasteiger partial charge in [-0.3, -0.25) is 14.4 Å². The summed E-state index contributed by atoms with van der Waals surface area (Å²) in [5, 5.41) is 4.87. The first-order valence-electron chi connectivity index (χ1n) is 12.5. The average Bonchev–Trinajstić information content (AvgIpc) is 3.54. The van der Waals surface area contributed by atoms with Gasteiger partial charge >= 0.3 is 0 Å². The molecule has 0 bridgehead atoms. The van der Waals surface area contributed by atoms with Gasteiger partial charge in [-0.1, -0.05) is 24.3 Å². The van der Waals surface area contributed by atoms with Crippen LogP contribution in [-0.4, -0.2) is 53.0 Å². The Bertz CT molecular complexity index is 1510. The minimum Gasteiger partial charge on any atom is -0.282 e. The summed E-state index contributed by atoms with van der Waals surface area (Å²) in [4.78, 5) is 20.4. The van der Waals surface area contributed by atoms with Crippen LogP contribution in [0.1, 0.15) is 41.3 Å². The Labute approximate surface area is 221 Å². The summed E-state index contributed by atoms with van der Waals surface area (Å²) >= 11 is 1.48. The third-order valence-corrected chi connectivity index (χ3v) is 9.67. The van der Waals surface area contributed by atoms with Crippen LogP contribution in [0.15, 0.2) is 59.8 Å². The molecule has 4 aromatic rings. The number of aryl methyl sites for hydroxylation is 2. The highest BCUT2D eigenvalue weighted by molar-refractivity contribution is 7.89. The van der Waals surface area contributed by atoms with Gasteiger partial charge in [0.05, 0.1) is 21.7 Å². The molecule has 0 saturated carbocycles. The number of benzene rings is 2. The van der Waals surface area contributed by atoms with Crippen molar-refractivity contribution in [3.8, 4) is 0 Å². The van der Waals surface area contributed by atoms with E-state index >= 15 is 0 Å². The molecule has 1 aliphatic rings. The first kappa shape index (κ1) is 25.6. The molecule has 5 rings (SSSR count). The maximum atomic E-state index is 13.7. The molecule has 0 N–H and O–H groups in total. The van der Waals surface area contributed by atoms with Crippen molar-refractivity contribution in [2.45, 2.75) is 45.1 Å². The Morgan fingerprint density at radius 1 is 1.19 bits per heavy atom. The summed E-state index contributed by atoms with van der Waals surface area (Å²) in [6.07, 6.45) is 5.47. The van der Waals surface area contributed by atoms with Crippen molar-refractivity contribution in [1.82, 2.24) is 19.1 Å². The van der Waals surface area contributed by atoms with Crippen LogP contribution in [0, 0.1) is 19.8 Å². The van der Waals surface area contributed by atoms with Gasteiger partial charge in [-0.2, -0.15) is 9.40 Å². The van der Waals surface area contributed by atoms with Crippen molar-refractivity contribution in [2.24, 2.45) is 5.92 Å². The first-order valence-corrected chi connectivity index (χ1v) is 14.8. The number of carbonyl (C=O) groups excluding carboxylic acids is 1. The van der Waals surface area contributed by atoms with Gasteiger partial charge in [0.25, 0.3) is 5.91 Å². The van der Waals surface area contributed by atoms with E-state index in [9.17, 15) is 13.2 Å². The van der Waals surface area contributed by atoms with Gasteiger partial charge in [0, 0.05) is 37.6 Å². The molecule has 1 saturated heterocycles. The molecule has 0 aliphatic carbocycles. The Hall–Kier alpha value is -3.08. The van der Waals surface area contributed by atoms with Crippen molar-refractivity contribution in [3.63, 3.8) is 0 Å². The molecule has 1 aliphatic heterocycles. The van der Waals surface area contributed by atoms with Crippen LogP contribution in [0.5, 0.6) is 0 Å². The molecule has 1 amide bonds. The third-order valence-electron chi connectivity index (χ3n) is 6.77.